The molecule has 0 bridgehead atoms. The topological polar surface area (TPSA) is 88.9 Å². The maximum Gasteiger partial charge on any atom is 0.329 e. The molecule has 0 unspecified atom stereocenters. The van der Waals surface area contributed by atoms with Gasteiger partial charge in [0.15, 0.2) is 11.5 Å². The number of hydrogen-bond donors (Lipinski definition) is 1. The van der Waals surface area contributed by atoms with E-state index in [1.54, 1.807) is 26.4 Å². The molecule has 2 aromatic rings. The Labute approximate surface area is 132 Å². The summed E-state index contributed by atoms with van der Waals surface area (Å²) < 4.78 is 11.5. The molecule has 0 aliphatic rings. The van der Waals surface area contributed by atoms with Crippen molar-refractivity contribution < 1.29 is 9.47 Å². The van der Waals surface area contributed by atoms with Crippen molar-refractivity contribution in [3.05, 3.63) is 50.7 Å². The Morgan fingerprint density at radius 3 is 2.61 bits per heavy atom. The molecule has 2 rings (SSSR count). The van der Waals surface area contributed by atoms with Crippen molar-refractivity contribution in [1.29, 1.82) is 0 Å². The van der Waals surface area contributed by atoms with E-state index in [1.165, 1.54) is 25.2 Å². The van der Waals surface area contributed by atoms with Crippen molar-refractivity contribution in [2.24, 2.45) is 12.1 Å². The molecule has 0 saturated heterocycles. The van der Waals surface area contributed by atoms with E-state index >= 15 is 0 Å². The smallest absolute Gasteiger partial charge is 0.329 e. The van der Waals surface area contributed by atoms with Gasteiger partial charge in [0, 0.05) is 25.7 Å². The highest BCUT2D eigenvalue weighted by Crippen LogP contribution is 2.29. The molecule has 0 radical (unpaired) electrons. The van der Waals surface area contributed by atoms with Crippen LogP contribution < -0.4 is 25.7 Å². The zero-order valence-electron chi connectivity index (χ0n) is 13.4. The summed E-state index contributed by atoms with van der Waals surface area (Å²) in [6, 6.07) is 6.69. The highest BCUT2D eigenvalue weighted by molar-refractivity contribution is 5.85. The van der Waals surface area contributed by atoms with Crippen LogP contribution in [0.25, 0.3) is 0 Å². The molecule has 1 aromatic carbocycles. The highest BCUT2D eigenvalue weighted by atomic mass is 16.5. The molecule has 0 spiro atoms. The van der Waals surface area contributed by atoms with Crippen LogP contribution in [0.1, 0.15) is 5.56 Å². The summed E-state index contributed by atoms with van der Waals surface area (Å²) >= 11 is 0. The maximum absolute atomic E-state index is 11.7. The van der Waals surface area contributed by atoms with E-state index in [9.17, 15) is 9.59 Å². The maximum atomic E-state index is 11.7. The molecule has 8 heteroatoms. The molecule has 0 aliphatic heterocycles. The number of benzene rings is 1. The Balaban J connectivity index is 2.34. The van der Waals surface area contributed by atoms with Crippen LogP contribution in [0, 0.1) is 0 Å². The average molecular weight is 318 g/mol. The van der Waals surface area contributed by atoms with Crippen LogP contribution in [0.5, 0.6) is 11.5 Å². The lowest BCUT2D eigenvalue weighted by Gasteiger charge is -2.13. The summed E-state index contributed by atoms with van der Waals surface area (Å²) in [4.78, 5) is 25.8. The molecular formula is C15H18N4O4. The van der Waals surface area contributed by atoms with Crippen LogP contribution in [0.3, 0.4) is 0 Å². The van der Waals surface area contributed by atoms with Crippen LogP contribution in [0.2, 0.25) is 0 Å². The van der Waals surface area contributed by atoms with Gasteiger partial charge in [-0.15, -0.1) is 0 Å². The summed E-state index contributed by atoms with van der Waals surface area (Å²) in [5.74, 6) is 1.42. The van der Waals surface area contributed by atoms with Gasteiger partial charge in [-0.1, -0.05) is 6.07 Å². The molecular weight excluding hydrogens is 300 g/mol. The van der Waals surface area contributed by atoms with Crippen LogP contribution >= 0.6 is 0 Å². The molecule has 1 aromatic heterocycles. The first-order chi connectivity index (χ1) is 11.0. The highest BCUT2D eigenvalue weighted by Gasteiger charge is 2.08. The molecule has 0 aliphatic carbocycles. The number of methoxy groups -OCH3 is 2. The van der Waals surface area contributed by atoms with Crippen molar-refractivity contribution in [3.63, 3.8) is 0 Å². The van der Waals surface area contributed by atoms with Gasteiger partial charge in [0.1, 0.15) is 5.82 Å². The van der Waals surface area contributed by atoms with Gasteiger partial charge in [0.2, 0.25) is 0 Å². The molecule has 0 atom stereocenters. The average Bonchev–Trinajstić information content (AvgIpc) is 2.56. The first-order valence-electron chi connectivity index (χ1n) is 6.77. The Morgan fingerprint density at radius 2 is 2.00 bits per heavy atom. The second kappa shape index (κ2) is 6.82. The van der Waals surface area contributed by atoms with Gasteiger partial charge in [-0.3, -0.25) is 19.4 Å². The minimum Gasteiger partial charge on any atom is -0.493 e. The third-order valence-electron chi connectivity index (χ3n) is 3.28. The van der Waals surface area contributed by atoms with Crippen LogP contribution in [0.4, 0.5) is 5.82 Å². The quantitative estimate of drug-likeness (QED) is 0.643. The summed E-state index contributed by atoms with van der Waals surface area (Å²) in [6.07, 6.45) is 1.55. The van der Waals surface area contributed by atoms with Crippen molar-refractivity contribution >= 4 is 12.0 Å². The number of nitrogens with zero attached hydrogens (tertiary/aromatic N) is 3. The zero-order valence-corrected chi connectivity index (χ0v) is 13.4. The number of H-pyrrole nitrogens is 1. The second-order valence-corrected chi connectivity index (χ2v) is 4.71. The molecule has 8 nitrogen and oxygen atoms in total. The van der Waals surface area contributed by atoms with E-state index in [4.69, 9.17) is 9.47 Å². The lowest BCUT2D eigenvalue weighted by atomic mass is 10.2. The molecule has 122 valence electrons. The van der Waals surface area contributed by atoms with Gasteiger partial charge >= 0.3 is 5.69 Å². The summed E-state index contributed by atoms with van der Waals surface area (Å²) in [5.41, 5.74) is -0.219. The molecule has 1 heterocycles. The first-order valence-corrected chi connectivity index (χ1v) is 6.77. The van der Waals surface area contributed by atoms with E-state index in [0.717, 1.165) is 4.57 Å². The largest absolute Gasteiger partial charge is 0.493 e. The minimum absolute atomic E-state index is 0.288. The molecule has 23 heavy (non-hydrogen) atoms. The molecule has 1 N–H and O–H groups in total. The number of ether oxygens (including phenoxy) is 2. The van der Waals surface area contributed by atoms with Gasteiger partial charge in [-0.05, 0) is 12.1 Å². The predicted octanol–water partition coefficient (Wildman–Crippen LogP) is 0.561. The number of nitrogens with one attached hydrogen (secondary N) is 1. The number of hydrazone groups is 1. The lowest BCUT2D eigenvalue weighted by molar-refractivity contribution is 0.354. The van der Waals surface area contributed by atoms with Gasteiger partial charge in [0.05, 0.1) is 20.4 Å². The fraction of sp³-hybridized carbons (Fsp3) is 0.267. The first kappa shape index (κ1) is 16.3. The normalized spacial score (nSPS) is 10.8. The number of hydrogen-bond acceptors (Lipinski definition) is 6. The number of para-hydroxylation sites is 1. The van der Waals surface area contributed by atoms with Crippen LogP contribution in [0.15, 0.2) is 39.0 Å². The SMILES string of the molecule is COc1cccc(C=NN(C)c2cc(=O)n(C)c(=O)[nH]2)c1OC. The fourth-order valence-electron chi connectivity index (χ4n) is 1.94. The number of rotatable bonds is 5. The molecule has 0 amide bonds. The van der Waals surface area contributed by atoms with Crippen molar-refractivity contribution in [2.75, 3.05) is 26.3 Å². The Hall–Kier alpha value is -3.03. The Morgan fingerprint density at radius 1 is 1.26 bits per heavy atom. The predicted molar refractivity (Wildman–Crippen MR) is 87.8 cm³/mol. The third-order valence-corrected chi connectivity index (χ3v) is 3.28. The Bertz CT molecular complexity index is 807. The van der Waals surface area contributed by atoms with Gasteiger partial charge in [-0.2, -0.15) is 5.10 Å². The third kappa shape index (κ3) is 3.42. The summed E-state index contributed by atoms with van der Waals surface area (Å²) in [6.45, 7) is 0. The van der Waals surface area contributed by atoms with Crippen LogP contribution in [-0.4, -0.2) is 37.0 Å². The second-order valence-electron chi connectivity index (χ2n) is 4.71. The van der Waals surface area contributed by atoms with E-state index < -0.39 is 11.2 Å². The van der Waals surface area contributed by atoms with E-state index in [-0.39, 0.29) is 5.82 Å². The number of aromatic nitrogens is 2. The van der Waals surface area contributed by atoms with E-state index in [0.29, 0.717) is 17.1 Å². The van der Waals surface area contributed by atoms with Gasteiger partial charge in [-0.25, -0.2) is 4.79 Å². The monoisotopic (exact) mass is 318 g/mol. The Kier molecular flexibility index (Phi) is 4.85. The summed E-state index contributed by atoms with van der Waals surface area (Å²) in [5, 5.41) is 5.61. The van der Waals surface area contributed by atoms with Gasteiger partial charge < -0.3 is 9.47 Å². The zero-order chi connectivity index (χ0) is 17.0. The number of anilines is 1. The minimum atomic E-state index is -0.506. The fourth-order valence-corrected chi connectivity index (χ4v) is 1.94. The van der Waals surface area contributed by atoms with Crippen molar-refractivity contribution in [3.8, 4) is 11.5 Å². The molecule has 0 saturated carbocycles. The summed E-state index contributed by atoms with van der Waals surface area (Å²) in [7, 11) is 6.11. The van der Waals surface area contributed by atoms with Crippen molar-refractivity contribution in [1.82, 2.24) is 9.55 Å². The standard InChI is InChI=1S/C15H18N4O4/c1-18-13(20)8-12(17-15(18)21)19(2)16-9-10-6-5-7-11(22-3)14(10)23-4/h5-9H,1-4H3,(H,17,21). The van der Waals surface area contributed by atoms with E-state index in [2.05, 4.69) is 10.1 Å². The molecule has 0 fully saturated rings. The lowest BCUT2D eigenvalue weighted by Crippen LogP contribution is -2.33. The number of aromatic amines is 1. The van der Waals surface area contributed by atoms with E-state index in [1.807, 2.05) is 12.1 Å². The van der Waals surface area contributed by atoms with Crippen molar-refractivity contribution in [2.45, 2.75) is 0 Å². The van der Waals surface area contributed by atoms with Crippen LogP contribution in [-0.2, 0) is 7.05 Å². The van der Waals surface area contributed by atoms with Gasteiger partial charge in [0.25, 0.3) is 5.56 Å².